The Morgan fingerprint density at radius 2 is 1.77 bits per heavy atom. The van der Waals surface area contributed by atoms with E-state index in [1.54, 1.807) is 0 Å². The van der Waals surface area contributed by atoms with E-state index in [2.05, 4.69) is 28.9 Å². The van der Waals surface area contributed by atoms with Crippen LogP contribution in [0.25, 0.3) is 0 Å². The van der Waals surface area contributed by atoms with Gasteiger partial charge in [-0.25, -0.2) is 0 Å². The van der Waals surface area contributed by atoms with Gasteiger partial charge in [-0.1, -0.05) is 78.9 Å². The van der Waals surface area contributed by atoms with Gasteiger partial charge in [-0.3, -0.25) is 4.79 Å². The molecule has 5 rings (SSSR count). The molecule has 2 N–H and O–H groups in total. The Labute approximate surface area is 187 Å². The third kappa shape index (κ3) is 3.52. The summed E-state index contributed by atoms with van der Waals surface area (Å²) in [6.45, 7) is 0. The van der Waals surface area contributed by atoms with Crippen LogP contribution in [-0.4, -0.2) is 11.9 Å². The van der Waals surface area contributed by atoms with E-state index in [4.69, 9.17) is 23.2 Å². The van der Waals surface area contributed by atoms with Crippen LogP contribution in [0.5, 0.6) is 0 Å². The molecule has 1 saturated carbocycles. The summed E-state index contributed by atoms with van der Waals surface area (Å²) in [6, 6.07) is 12.2. The zero-order valence-electron chi connectivity index (χ0n) is 16.8. The van der Waals surface area contributed by atoms with Crippen molar-refractivity contribution in [2.45, 2.75) is 56.5 Å². The first-order valence-corrected chi connectivity index (χ1v) is 11.7. The minimum absolute atomic E-state index is 0.00679. The fraction of sp³-hybridized carbons (Fsp3) is 0.400. The van der Waals surface area contributed by atoms with Gasteiger partial charge in [0.25, 0.3) is 5.91 Å². The van der Waals surface area contributed by atoms with Crippen molar-refractivity contribution in [2.24, 2.45) is 5.92 Å². The lowest BCUT2D eigenvalue weighted by Crippen LogP contribution is -2.37. The van der Waals surface area contributed by atoms with E-state index in [9.17, 15) is 4.79 Å². The van der Waals surface area contributed by atoms with Gasteiger partial charge >= 0.3 is 0 Å². The van der Waals surface area contributed by atoms with Crippen LogP contribution in [0, 0.1) is 5.92 Å². The Morgan fingerprint density at radius 1 is 1.00 bits per heavy atom. The number of benzene rings is 2. The Balaban J connectivity index is 1.51. The number of carbonyl (C=O) groups excluding carboxylic acids is 1. The molecule has 1 heterocycles. The molecular weight excluding hydrogens is 415 g/mol. The van der Waals surface area contributed by atoms with Crippen molar-refractivity contribution in [1.82, 2.24) is 5.32 Å². The van der Waals surface area contributed by atoms with Crippen molar-refractivity contribution in [3.63, 3.8) is 0 Å². The van der Waals surface area contributed by atoms with Gasteiger partial charge in [0.15, 0.2) is 0 Å². The summed E-state index contributed by atoms with van der Waals surface area (Å²) in [4.78, 5) is 13.2. The predicted molar refractivity (Wildman–Crippen MR) is 124 cm³/mol. The molecule has 3 nitrogen and oxygen atoms in total. The highest BCUT2D eigenvalue weighted by Crippen LogP contribution is 2.52. The number of fused-ring (bicyclic) bond motifs is 3. The minimum atomic E-state index is 0.00679. The van der Waals surface area contributed by atoms with Gasteiger partial charge in [0.05, 0.1) is 27.3 Å². The molecule has 30 heavy (non-hydrogen) atoms. The van der Waals surface area contributed by atoms with Crippen molar-refractivity contribution >= 4 is 34.8 Å². The molecule has 3 atom stereocenters. The first kappa shape index (κ1) is 20.0. The van der Waals surface area contributed by atoms with Gasteiger partial charge in [-0.2, -0.15) is 0 Å². The summed E-state index contributed by atoms with van der Waals surface area (Å²) in [7, 11) is 0. The maximum absolute atomic E-state index is 13.2. The molecule has 2 aromatic carbocycles. The SMILES string of the molecule is O=C(NC1CCCCC1)c1cccc2c1NC(c1cccc(Cl)c1Cl)C1CC=CC21. The summed E-state index contributed by atoms with van der Waals surface area (Å²) in [5, 5.41) is 8.13. The number of carbonyl (C=O) groups is 1. The van der Waals surface area contributed by atoms with E-state index < -0.39 is 0 Å². The average molecular weight is 441 g/mol. The number of nitrogens with one attached hydrogen (secondary N) is 2. The van der Waals surface area contributed by atoms with E-state index >= 15 is 0 Å². The fourth-order valence-electron chi connectivity index (χ4n) is 5.39. The number of halogens is 2. The maximum Gasteiger partial charge on any atom is 0.253 e. The first-order chi connectivity index (χ1) is 14.6. The Hall–Kier alpha value is -1.97. The van der Waals surface area contributed by atoms with Gasteiger partial charge in [0.1, 0.15) is 0 Å². The Morgan fingerprint density at radius 3 is 2.60 bits per heavy atom. The van der Waals surface area contributed by atoms with Crippen LogP contribution in [0.15, 0.2) is 48.6 Å². The quantitative estimate of drug-likeness (QED) is 0.510. The lowest BCUT2D eigenvalue weighted by Gasteiger charge is -2.39. The van der Waals surface area contributed by atoms with Gasteiger partial charge in [-0.15, -0.1) is 0 Å². The van der Waals surface area contributed by atoms with E-state index in [0.29, 0.717) is 16.0 Å². The van der Waals surface area contributed by atoms with Crippen LogP contribution in [0.4, 0.5) is 5.69 Å². The molecule has 1 amide bonds. The highest BCUT2D eigenvalue weighted by atomic mass is 35.5. The lowest BCUT2D eigenvalue weighted by molar-refractivity contribution is 0.0928. The second-order valence-corrected chi connectivity index (χ2v) is 9.48. The molecule has 156 valence electrons. The van der Waals surface area contributed by atoms with Crippen molar-refractivity contribution in [3.8, 4) is 0 Å². The molecule has 0 spiro atoms. The minimum Gasteiger partial charge on any atom is -0.377 e. The molecular formula is C25H26Cl2N2O. The standard InChI is InChI=1S/C25H26Cl2N2O/c26-21-14-6-12-19(22(21)27)23-17-10-4-9-16(17)18-11-5-13-20(24(18)29-23)25(30)28-15-7-2-1-3-8-15/h4-6,9,11-17,23,29H,1-3,7-8,10H2,(H,28,30). The summed E-state index contributed by atoms with van der Waals surface area (Å²) >= 11 is 12.9. The van der Waals surface area contributed by atoms with E-state index in [-0.39, 0.29) is 23.9 Å². The monoisotopic (exact) mass is 440 g/mol. The summed E-state index contributed by atoms with van der Waals surface area (Å²) < 4.78 is 0. The number of para-hydroxylation sites is 1. The van der Waals surface area contributed by atoms with Crippen LogP contribution in [-0.2, 0) is 0 Å². The number of hydrogen-bond donors (Lipinski definition) is 2. The first-order valence-electron chi connectivity index (χ1n) is 10.9. The van der Waals surface area contributed by atoms with Crippen molar-refractivity contribution in [3.05, 3.63) is 75.3 Å². The largest absolute Gasteiger partial charge is 0.377 e. The summed E-state index contributed by atoms with van der Waals surface area (Å²) in [6.07, 6.45) is 11.3. The third-order valence-electron chi connectivity index (χ3n) is 6.90. The number of rotatable bonds is 3. The number of anilines is 1. The van der Waals surface area contributed by atoms with Crippen LogP contribution in [0.3, 0.4) is 0 Å². The molecule has 0 saturated heterocycles. The van der Waals surface area contributed by atoms with Crippen molar-refractivity contribution < 1.29 is 4.79 Å². The van der Waals surface area contributed by atoms with Crippen LogP contribution >= 0.6 is 23.2 Å². The van der Waals surface area contributed by atoms with Crippen molar-refractivity contribution in [1.29, 1.82) is 0 Å². The van der Waals surface area contributed by atoms with Crippen LogP contribution < -0.4 is 10.6 Å². The Kier molecular flexibility index (Phi) is 5.51. The van der Waals surface area contributed by atoms with Gasteiger partial charge < -0.3 is 10.6 Å². The fourth-order valence-corrected chi connectivity index (χ4v) is 5.81. The summed E-state index contributed by atoms with van der Waals surface area (Å²) in [5.74, 6) is 0.636. The second-order valence-electron chi connectivity index (χ2n) is 8.70. The van der Waals surface area contributed by atoms with Crippen LogP contribution in [0.1, 0.15) is 72.0 Å². The smallest absolute Gasteiger partial charge is 0.253 e. The molecule has 0 bridgehead atoms. The second kappa shape index (κ2) is 8.28. The normalized spacial score (nSPS) is 25.3. The molecule has 3 unspecified atom stereocenters. The molecule has 2 aliphatic carbocycles. The van der Waals surface area contributed by atoms with E-state index in [0.717, 1.165) is 36.1 Å². The zero-order chi connectivity index (χ0) is 20.7. The highest BCUT2D eigenvalue weighted by molar-refractivity contribution is 6.42. The highest BCUT2D eigenvalue weighted by Gasteiger charge is 2.40. The van der Waals surface area contributed by atoms with Gasteiger partial charge in [-0.05, 0) is 48.4 Å². The molecule has 1 aliphatic heterocycles. The topological polar surface area (TPSA) is 41.1 Å². The molecule has 3 aliphatic rings. The molecule has 0 radical (unpaired) electrons. The van der Waals surface area contributed by atoms with E-state index in [1.165, 1.54) is 24.8 Å². The maximum atomic E-state index is 13.2. The number of hydrogen-bond acceptors (Lipinski definition) is 2. The molecule has 2 aromatic rings. The lowest BCUT2D eigenvalue weighted by atomic mass is 9.76. The van der Waals surface area contributed by atoms with E-state index in [1.807, 2.05) is 30.3 Å². The van der Waals surface area contributed by atoms with Crippen LogP contribution in [0.2, 0.25) is 10.0 Å². The molecule has 0 aromatic heterocycles. The third-order valence-corrected chi connectivity index (χ3v) is 7.73. The average Bonchev–Trinajstić information content (AvgIpc) is 3.26. The molecule has 1 fully saturated rings. The van der Waals surface area contributed by atoms with Gasteiger partial charge in [0.2, 0.25) is 0 Å². The predicted octanol–water partition coefficient (Wildman–Crippen LogP) is 6.88. The zero-order valence-corrected chi connectivity index (χ0v) is 18.3. The van der Waals surface area contributed by atoms with Crippen molar-refractivity contribution in [2.75, 3.05) is 5.32 Å². The number of amides is 1. The van der Waals surface area contributed by atoms with Gasteiger partial charge in [0, 0.05) is 12.0 Å². The summed E-state index contributed by atoms with van der Waals surface area (Å²) in [5.41, 5.74) is 3.84. The molecule has 5 heteroatoms. The number of allylic oxidation sites excluding steroid dienone is 2. The Bertz CT molecular complexity index is 997.